The summed E-state index contributed by atoms with van der Waals surface area (Å²) in [5.41, 5.74) is 20.8. The van der Waals surface area contributed by atoms with Crippen LogP contribution in [0.1, 0.15) is 32.1 Å². The number of amides is 4. The maximum atomic E-state index is 12.3. The van der Waals surface area contributed by atoms with E-state index in [0.717, 1.165) is 0 Å². The average molecular weight is 474 g/mol. The third-order valence-corrected chi connectivity index (χ3v) is 4.04. The minimum Gasteiger partial charge on any atom is -0.481 e. The van der Waals surface area contributed by atoms with Crippen molar-refractivity contribution in [1.29, 1.82) is 0 Å². The van der Waals surface area contributed by atoms with Crippen LogP contribution in [0.15, 0.2) is 4.99 Å². The second-order valence-corrected chi connectivity index (χ2v) is 6.90. The zero-order chi connectivity index (χ0) is 25.6. The zero-order valence-corrected chi connectivity index (χ0v) is 17.8. The largest absolute Gasteiger partial charge is 0.481 e. The van der Waals surface area contributed by atoms with E-state index in [1.165, 1.54) is 0 Å². The Kier molecular flexibility index (Phi) is 13.2. The highest BCUT2D eigenvalue weighted by Crippen LogP contribution is 2.01. The molecule has 0 aliphatic heterocycles. The van der Waals surface area contributed by atoms with Gasteiger partial charge < -0.3 is 49.1 Å². The number of nitrogens with zero attached hydrogens (tertiary/aromatic N) is 1. The maximum Gasteiger partial charge on any atom is 0.326 e. The van der Waals surface area contributed by atoms with Crippen LogP contribution in [0.5, 0.6) is 0 Å². The standard InChI is InChI=1S/C17H30N8O8/c18-8(6-11(19)26)14(30)25-9(3-4-13(28)29)15(31)23-7-12(27)24-10(16(32)33)2-1-5-22-17(20)21/h8-10H,1-7,18H2,(H2,19,26)(H,23,31)(H,24,27)(H,25,30)(H,28,29)(H,32,33)(H4,20,21,22). The summed E-state index contributed by atoms with van der Waals surface area (Å²) >= 11 is 0. The molecule has 0 aromatic carbocycles. The van der Waals surface area contributed by atoms with E-state index in [9.17, 15) is 33.9 Å². The first-order valence-corrected chi connectivity index (χ1v) is 9.74. The molecule has 0 aromatic heterocycles. The molecule has 33 heavy (non-hydrogen) atoms. The van der Waals surface area contributed by atoms with Gasteiger partial charge in [-0.05, 0) is 19.3 Å². The Labute approximate surface area is 188 Å². The number of carbonyl (C=O) groups is 6. The molecule has 0 fully saturated rings. The number of hydrogen-bond acceptors (Lipinski definition) is 8. The summed E-state index contributed by atoms with van der Waals surface area (Å²) in [4.78, 5) is 73.1. The fraction of sp³-hybridized carbons (Fsp3) is 0.588. The third kappa shape index (κ3) is 13.9. The van der Waals surface area contributed by atoms with Crippen LogP contribution in [0, 0.1) is 0 Å². The van der Waals surface area contributed by atoms with E-state index in [1.54, 1.807) is 0 Å². The van der Waals surface area contributed by atoms with Crippen LogP contribution in [0.3, 0.4) is 0 Å². The number of aliphatic carboxylic acids is 2. The Balaban J connectivity index is 4.88. The molecule has 0 saturated carbocycles. The summed E-state index contributed by atoms with van der Waals surface area (Å²) in [6.45, 7) is -0.495. The van der Waals surface area contributed by atoms with Crippen LogP contribution in [-0.2, 0) is 28.8 Å². The normalized spacial score (nSPS) is 13.0. The van der Waals surface area contributed by atoms with Gasteiger partial charge in [0, 0.05) is 13.0 Å². The first kappa shape index (κ1) is 29.1. The van der Waals surface area contributed by atoms with Crippen molar-refractivity contribution in [3.63, 3.8) is 0 Å². The summed E-state index contributed by atoms with van der Waals surface area (Å²) < 4.78 is 0. The van der Waals surface area contributed by atoms with E-state index in [4.69, 9.17) is 28.0 Å². The van der Waals surface area contributed by atoms with Crippen LogP contribution in [0.25, 0.3) is 0 Å². The van der Waals surface area contributed by atoms with Crippen LogP contribution in [0.2, 0.25) is 0 Å². The average Bonchev–Trinajstić information content (AvgIpc) is 2.70. The lowest BCUT2D eigenvalue weighted by Gasteiger charge is -2.20. The molecule has 0 aromatic rings. The summed E-state index contributed by atoms with van der Waals surface area (Å²) in [6.07, 6.45) is -1.05. The van der Waals surface area contributed by atoms with Gasteiger partial charge >= 0.3 is 11.9 Å². The maximum absolute atomic E-state index is 12.3. The highest BCUT2D eigenvalue weighted by Gasteiger charge is 2.26. The third-order valence-electron chi connectivity index (χ3n) is 4.04. The Hall–Kier alpha value is -3.95. The summed E-state index contributed by atoms with van der Waals surface area (Å²) in [5, 5.41) is 24.6. The molecule has 0 aliphatic rings. The molecule has 0 heterocycles. The monoisotopic (exact) mass is 474 g/mol. The summed E-state index contributed by atoms with van der Waals surface area (Å²) in [5.74, 6) is -6.24. The SMILES string of the molecule is NC(=O)CC(N)C(=O)NC(CCC(=O)O)C(=O)NCC(=O)NC(CCCN=C(N)N)C(=O)O. The van der Waals surface area contributed by atoms with Crippen molar-refractivity contribution < 1.29 is 39.0 Å². The van der Waals surface area contributed by atoms with E-state index < -0.39 is 73.1 Å². The molecule has 16 nitrogen and oxygen atoms in total. The molecule has 0 spiro atoms. The number of carboxylic acid groups (broad SMARTS) is 2. The molecule has 16 heteroatoms. The van der Waals surface area contributed by atoms with Gasteiger partial charge in [-0.15, -0.1) is 0 Å². The van der Waals surface area contributed by atoms with Crippen LogP contribution in [0.4, 0.5) is 0 Å². The predicted octanol–water partition coefficient (Wildman–Crippen LogP) is -4.72. The van der Waals surface area contributed by atoms with Gasteiger partial charge in [-0.25, -0.2) is 4.79 Å². The predicted molar refractivity (Wildman–Crippen MR) is 113 cm³/mol. The quantitative estimate of drug-likeness (QED) is 0.0581. The lowest BCUT2D eigenvalue weighted by atomic mass is 10.1. The van der Waals surface area contributed by atoms with Gasteiger partial charge in [0.05, 0.1) is 19.0 Å². The van der Waals surface area contributed by atoms with Crippen molar-refractivity contribution in [2.75, 3.05) is 13.1 Å². The molecule has 4 amide bonds. The fourth-order valence-electron chi connectivity index (χ4n) is 2.42. The summed E-state index contributed by atoms with van der Waals surface area (Å²) in [7, 11) is 0. The van der Waals surface area contributed by atoms with Gasteiger partial charge in [-0.2, -0.15) is 0 Å². The van der Waals surface area contributed by atoms with E-state index in [2.05, 4.69) is 20.9 Å². The van der Waals surface area contributed by atoms with Crippen LogP contribution >= 0.6 is 0 Å². The second kappa shape index (κ2) is 15.0. The number of guanidine groups is 1. The molecule has 3 atom stereocenters. The van der Waals surface area contributed by atoms with Gasteiger partial charge in [0.25, 0.3) is 0 Å². The van der Waals surface area contributed by atoms with Crippen molar-refractivity contribution in [1.82, 2.24) is 16.0 Å². The van der Waals surface area contributed by atoms with Gasteiger partial charge in [-0.1, -0.05) is 0 Å². The fourth-order valence-corrected chi connectivity index (χ4v) is 2.42. The van der Waals surface area contributed by atoms with Crippen molar-refractivity contribution in [2.24, 2.45) is 27.9 Å². The molecular weight excluding hydrogens is 444 g/mol. The number of nitrogens with one attached hydrogen (secondary N) is 3. The smallest absolute Gasteiger partial charge is 0.326 e. The molecule has 3 unspecified atom stereocenters. The Morgan fingerprint density at radius 1 is 0.879 bits per heavy atom. The van der Waals surface area contributed by atoms with Crippen LogP contribution in [-0.4, -0.2) is 83.0 Å². The molecular formula is C17H30N8O8. The van der Waals surface area contributed by atoms with E-state index >= 15 is 0 Å². The van der Waals surface area contributed by atoms with E-state index in [0.29, 0.717) is 0 Å². The number of carbonyl (C=O) groups excluding carboxylic acids is 4. The summed E-state index contributed by atoms with van der Waals surface area (Å²) in [6, 6.07) is -4.01. The highest BCUT2D eigenvalue weighted by atomic mass is 16.4. The first-order chi connectivity index (χ1) is 15.3. The molecule has 0 aliphatic carbocycles. The van der Waals surface area contributed by atoms with E-state index in [1.807, 2.05) is 0 Å². The number of nitrogens with two attached hydrogens (primary N) is 4. The van der Waals surface area contributed by atoms with Crippen molar-refractivity contribution >= 4 is 41.5 Å². The zero-order valence-electron chi connectivity index (χ0n) is 17.8. The van der Waals surface area contributed by atoms with Crippen molar-refractivity contribution in [2.45, 2.75) is 50.2 Å². The molecule has 0 saturated heterocycles. The molecule has 0 bridgehead atoms. The molecule has 0 rings (SSSR count). The topological polar surface area (TPSA) is 295 Å². The number of aliphatic imine (C=N–C) groups is 1. The Bertz CT molecular complexity index is 768. The number of carboxylic acids is 2. The lowest BCUT2D eigenvalue weighted by Crippen LogP contribution is -2.54. The van der Waals surface area contributed by atoms with Gasteiger partial charge in [0.2, 0.25) is 23.6 Å². The Morgan fingerprint density at radius 3 is 2.03 bits per heavy atom. The number of hydrogen-bond donors (Lipinski definition) is 9. The van der Waals surface area contributed by atoms with Crippen molar-refractivity contribution in [3.05, 3.63) is 0 Å². The Morgan fingerprint density at radius 2 is 1.52 bits per heavy atom. The van der Waals surface area contributed by atoms with E-state index in [-0.39, 0.29) is 31.8 Å². The van der Waals surface area contributed by atoms with Crippen molar-refractivity contribution in [3.8, 4) is 0 Å². The molecule has 13 N–H and O–H groups in total. The first-order valence-electron chi connectivity index (χ1n) is 9.74. The van der Waals surface area contributed by atoms with Gasteiger partial charge in [-0.3, -0.25) is 29.0 Å². The molecule has 186 valence electrons. The minimum atomic E-state index is -1.38. The number of primary amides is 1. The van der Waals surface area contributed by atoms with Gasteiger partial charge in [0.15, 0.2) is 5.96 Å². The van der Waals surface area contributed by atoms with Gasteiger partial charge in [0.1, 0.15) is 12.1 Å². The minimum absolute atomic E-state index is 0.0147. The number of rotatable bonds is 16. The lowest BCUT2D eigenvalue weighted by molar-refractivity contribution is -0.142. The van der Waals surface area contributed by atoms with Crippen LogP contribution < -0.4 is 38.9 Å². The highest BCUT2D eigenvalue weighted by molar-refractivity contribution is 5.94. The second-order valence-electron chi connectivity index (χ2n) is 6.90. The molecule has 0 radical (unpaired) electrons.